The van der Waals surface area contributed by atoms with Gasteiger partial charge in [-0.15, -0.1) is 0 Å². The molecule has 352 valence electrons. The predicted molar refractivity (Wildman–Crippen MR) is 208 cm³/mol. The standard InChI is InChI=1S/C43H60O20/c1-39(2,62-37(50)13-11-35(48)58-23-27-19-54-27)15-31-43(41(5,60-31)29(44)7-9-33(46)56-21-25-17-52-25)32(61-42(43,6)30(45)8-10-34(47)57-22-26-18-53-26)16-40(3,4)63-38(51)14-12-36(49)59-24-28-20-55-28/h25-28,31-32H,7-24H2,1-6H3. The largest absolute Gasteiger partial charge is 0.463 e. The van der Waals surface area contributed by atoms with Crippen LogP contribution in [0, 0.1) is 5.41 Å². The summed E-state index contributed by atoms with van der Waals surface area (Å²) in [6, 6.07) is 0. The molecule has 0 aliphatic carbocycles. The molecule has 6 aliphatic heterocycles. The number of carbonyl (C=O) groups is 8. The van der Waals surface area contributed by atoms with Gasteiger partial charge < -0.3 is 56.8 Å². The minimum Gasteiger partial charge on any atom is -0.463 e. The van der Waals surface area contributed by atoms with Crippen LogP contribution in [0.4, 0.5) is 0 Å². The molecule has 63 heavy (non-hydrogen) atoms. The number of epoxide rings is 4. The molecule has 6 fully saturated rings. The monoisotopic (exact) mass is 896 g/mol. The molecule has 20 heteroatoms. The quantitative estimate of drug-likeness (QED) is 0.0615. The van der Waals surface area contributed by atoms with Gasteiger partial charge in [0.25, 0.3) is 0 Å². The maximum atomic E-state index is 14.5. The zero-order valence-corrected chi connectivity index (χ0v) is 36.9. The molecule has 1 spiro atoms. The van der Waals surface area contributed by atoms with E-state index in [9.17, 15) is 38.4 Å². The Morgan fingerprint density at radius 1 is 0.444 bits per heavy atom. The van der Waals surface area contributed by atoms with Crippen molar-refractivity contribution < 1.29 is 95.2 Å². The zero-order valence-electron chi connectivity index (χ0n) is 36.9. The van der Waals surface area contributed by atoms with Crippen LogP contribution in [-0.4, -0.2) is 159 Å². The van der Waals surface area contributed by atoms with Crippen LogP contribution in [0.25, 0.3) is 0 Å². The fourth-order valence-electron chi connectivity index (χ4n) is 8.42. The molecule has 0 aromatic rings. The number of hydrogen-bond donors (Lipinski definition) is 0. The van der Waals surface area contributed by atoms with Gasteiger partial charge in [0, 0.05) is 25.7 Å². The van der Waals surface area contributed by atoms with Gasteiger partial charge in [0.05, 0.1) is 82.6 Å². The van der Waals surface area contributed by atoms with Crippen LogP contribution in [0.15, 0.2) is 0 Å². The van der Waals surface area contributed by atoms with E-state index in [0.29, 0.717) is 26.4 Å². The first kappa shape index (κ1) is 48.4. The topological polar surface area (TPSA) is 261 Å². The number of rotatable bonds is 28. The lowest BCUT2D eigenvalue weighted by Gasteiger charge is -2.76. The second kappa shape index (κ2) is 19.6. The highest BCUT2D eigenvalue weighted by molar-refractivity contribution is 5.97. The fraction of sp³-hybridized carbons (Fsp3) is 0.814. The Labute approximate surface area is 365 Å². The lowest BCUT2D eigenvalue weighted by molar-refractivity contribution is -0.455. The number of ether oxygens (including phenoxy) is 12. The highest BCUT2D eigenvalue weighted by Gasteiger charge is 2.86. The maximum Gasteiger partial charge on any atom is 0.306 e. The fourth-order valence-corrected chi connectivity index (χ4v) is 8.42. The number of Topliss-reactive ketones (excluding diaryl/α,β-unsaturated/α-hetero) is 2. The van der Waals surface area contributed by atoms with Crippen molar-refractivity contribution in [1.29, 1.82) is 0 Å². The Morgan fingerprint density at radius 3 is 0.968 bits per heavy atom. The Kier molecular flexibility index (Phi) is 15.0. The van der Waals surface area contributed by atoms with Crippen LogP contribution in [0.2, 0.25) is 0 Å². The average Bonchev–Trinajstić information content (AvgIpc) is 4.00. The maximum absolute atomic E-state index is 14.5. The average molecular weight is 897 g/mol. The first-order chi connectivity index (χ1) is 29.6. The number of hydrogen-bond acceptors (Lipinski definition) is 20. The minimum absolute atomic E-state index is 0.0419. The third-order valence-electron chi connectivity index (χ3n) is 12.1. The Balaban J connectivity index is 1.22. The number of esters is 6. The zero-order chi connectivity index (χ0) is 45.8. The lowest BCUT2D eigenvalue weighted by atomic mass is 9.44. The summed E-state index contributed by atoms with van der Waals surface area (Å²) in [6.45, 7) is 11.7. The molecule has 0 amide bonds. The van der Waals surface area contributed by atoms with Crippen LogP contribution in [0.5, 0.6) is 0 Å². The molecule has 6 aliphatic rings. The Bertz CT molecular complexity index is 1630. The number of carbonyl (C=O) groups excluding carboxylic acids is 8. The second-order valence-corrected chi connectivity index (χ2v) is 18.4. The van der Waals surface area contributed by atoms with Crippen LogP contribution in [0.3, 0.4) is 0 Å². The third kappa shape index (κ3) is 12.6. The molecule has 8 atom stereocenters. The highest BCUT2D eigenvalue weighted by Crippen LogP contribution is 2.70. The SMILES string of the molecule is CC(C)(CC1OC(C)(C(=O)CCC(=O)OCC2CO2)C12C(CC(C)(C)OC(=O)CCC(=O)OCC1CO1)OC2(C)C(=O)CCC(=O)OCC1CO1)OC(=O)CCC(=O)OCC1CO1. The van der Waals surface area contributed by atoms with E-state index in [2.05, 4.69) is 0 Å². The summed E-state index contributed by atoms with van der Waals surface area (Å²) < 4.78 is 65.9. The van der Waals surface area contributed by atoms with Gasteiger partial charge in [0.2, 0.25) is 0 Å². The van der Waals surface area contributed by atoms with E-state index in [1.54, 1.807) is 27.7 Å². The van der Waals surface area contributed by atoms with Gasteiger partial charge in [-0.1, -0.05) is 0 Å². The van der Waals surface area contributed by atoms with Crippen molar-refractivity contribution in [3.63, 3.8) is 0 Å². The first-order valence-electron chi connectivity index (χ1n) is 21.6. The summed E-state index contributed by atoms with van der Waals surface area (Å²) in [5, 5.41) is 0. The van der Waals surface area contributed by atoms with E-state index >= 15 is 0 Å². The van der Waals surface area contributed by atoms with E-state index in [-0.39, 0.29) is 115 Å². The molecule has 0 aromatic carbocycles. The van der Waals surface area contributed by atoms with Crippen molar-refractivity contribution in [3.05, 3.63) is 0 Å². The van der Waals surface area contributed by atoms with Crippen molar-refractivity contribution in [3.8, 4) is 0 Å². The summed E-state index contributed by atoms with van der Waals surface area (Å²) in [7, 11) is 0. The van der Waals surface area contributed by atoms with Crippen molar-refractivity contribution in [2.75, 3.05) is 52.9 Å². The van der Waals surface area contributed by atoms with Gasteiger partial charge >= 0.3 is 35.8 Å². The molecule has 0 bridgehead atoms. The molecule has 0 N–H and O–H groups in total. The molecule has 6 saturated heterocycles. The predicted octanol–water partition coefficient (Wildman–Crippen LogP) is 1.74. The summed E-state index contributed by atoms with van der Waals surface area (Å²) >= 11 is 0. The molecule has 20 nitrogen and oxygen atoms in total. The van der Waals surface area contributed by atoms with Gasteiger partial charge in [-0.3, -0.25) is 38.4 Å². The van der Waals surface area contributed by atoms with Crippen molar-refractivity contribution in [1.82, 2.24) is 0 Å². The van der Waals surface area contributed by atoms with Crippen LogP contribution in [0.1, 0.15) is 106 Å². The van der Waals surface area contributed by atoms with E-state index in [1.165, 1.54) is 13.8 Å². The van der Waals surface area contributed by atoms with Gasteiger partial charge in [0.1, 0.15) is 73.2 Å². The summed E-state index contributed by atoms with van der Waals surface area (Å²) in [5.74, 6) is -5.00. The van der Waals surface area contributed by atoms with Crippen molar-refractivity contribution in [2.24, 2.45) is 5.41 Å². The summed E-state index contributed by atoms with van der Waals surface area (Å²) in [4.78, 5) is 105. The summed E-state index contributed by atoms with van der Waals surface area (Å²) in [5.41, 5.74) is -7.85. The number of ketones is 2. The smallest absolute Gasteiger partial charge is 0.306 e. The molecule has 0 saturated carbocycles. The van der Waals surface area contributed by atoms with Gasteiger partial charge in [0.15, 0.2) is 11.6 Å². The highest BCUT2D eigenvalue weighted by atomic mass is 16.6. The Hall–Kier alpha value is -4.08. The molecular formula is C43H60O20. The van der Waals surface area contributed by atoms with Gasteiger partial charge in [-0.2, -0.15) is 0 Å². The van der Waals surface area contributed by atoms with E-state index in [0.717, 1.165) is 0 Å². The molecule has 6 heterocycles. The van der Waals surface area contributed by atoms with Crippen molar-refractivity contribution >= 4 is 47.4 Å². The molecule has 0 aromatic heterocycles. The molecule has 0 radical (unpaired) electrons. The van der Waals surface area contributed by atoms with Crippen LogP contribution < -0.4 is 0 Å². The third-order valence-corrected chi connectivity index (χ3v) is 12.1. The first-order valence-corrected chi connectivity index (χ1v) is 21.6. The normalized spacial score (nSPS) is 31.0. The van der Waals surface area contributed by atoms with Crippen LogP contribution >= 0.6 is 0 Å². The molecule has 8 unspecified atom stereocenters. The van der Waals surface area contributed by atoms with Gasteiger partial charge in [-0.25, -0.2) is 0 Å². The van der Waals surface area contributed by atoms with E-state index < -0.39 is 87.4 Å². The Morgan fingerprint density at radius 2 is 0.698 bits per heavy atom. The van der Waals surface area contributed by atoms with Gasteiger partial charge in [-0.05, 0) is 41.5 Å². The lowest BCUT2D eigenvalue weighted by Crippen LogP contribution is -2.91. The van der Waals surface area contributed by atoms with Crippen molar-refractivity contribution in [2.45, 2.75) is 165 Å². The van der Waals surface area contributed by atoms with E-state index in [4.69, 9.17) is 56.8 Å². The van der Waals surface area contributed by atoms with E-state index in [1.807, 2.05) is 0 Å². The second-order valence-electron chi connectivity index (χ2n) is 18.4. The van der Waals surface area contributed by atoms with Crippen LogP contribution in [-0.2, 0) is 95.2 Å². The summed E-state index contributed by atoms with van der Waals surface area (Å²) in [6.07, 6.45) is -5.29. The molecular weight excluding hydrogens is 836 g/mol. The minimum atomic E-state index is -1.82. The molecule has 6 rings (SSSR count).